The first-order valence-electron chi connectivity index (χ1n) is 12.3. The molecule has 1 N–H and O–H groups in total. The third-order valence-electron chi connectivity index (χ3n) is 6.53. The first kappa shape index (κ1) is 26.8. The predicted octanol–water partition coefficient (Wildman–Crippen LogP) is 6.06. The Bertz CT molecular complexity index is 1650. The number of carbonyl (C=O) groups is 3. The predicted molar refractivity (Wildman–Crippen MR) is 147 cm³/mol. The fourth-order valence-corrected chi connectivity index (χ4v) is 4.88. The van der Waals surface area contributed by atoms with Gasteiger partial charge in [0.1, 0.15) is 5.75 Å². The lowest BCUT2D eigenvalue weighted by molar-refractivity contribution is -0.117. The van der Waals surface area contributed by atoms with Crippen molar-refractivity contribution in [2.45, 2.75) is 13.0 Å². The van der Waals surface area contributed by atoms with Crippen molar-refractivity contribution in [3.63, 3.8) is 0 Å². The number of aliphatic hydroxyl groups excluding tert-OH is 1. The molecule has 0 aliphatic carbocycles. The molecule has 4 aromatic rings. The van der Waals surface area contributed by atoms with Crippen molar-refractivity contribution in [3.8, 4) is 11.5 Å². The van der Waals surface area contributed by atoms with E-state index in [2.05, 4.69) is 0 Å². The Balaban J connectivity index is 1.61. The van der Waals surface area contributed by atoms with Crippen molar-refractivity contribution < 1.29 is 38.1 Å². The molecule has 204 valence electrons. The molecule has 9 nitrogen and oxygen atoms in total. The average Bonchev–Trinajstić information content (AvgIpc) is 3.51. The molecule has 1 aliphatic rings. The smallest absolute Gasteiger partial charge is 0.338 e. The normalized spacial score (nSPS) is 15.1. The third kappa shape index (κ3) is 4.65. The molecule has 1 aliphatic heterocycles. The van der Waals surface area contributed by atoms with Crippen LogP contribution in [0.25, 0.3) is 11.0 Å². The van der Waals surface area contributed by atoms with Crippen LogP contribution in [0.15, 0.2) is 82.5 Å². The number of esters is 1. The molecule has 0 saturated heterocycles. The van der Waals surface area contributed by atoms with E-state index in [1.807, 2.05) is 0 Å². The molecule has 40 heavy (non-hydrogen) atoms. The van der Waals surface area contributed by atoms with E-state index in [0.717, 1.165) is 0 Å². The number of anilines is 1. The SMILES string of the molecule is CCOC(=O)c1ccc(N2C(=O)C(O)=C(C(=O)c3cc4cc(Cl)cc(OC)c4o3)C2c2ccc(OC)cc2)cc1. The number of Topliss-reactive ketones (excluding diaryl/α,β-unsaturated/α-hetero) is 1. The van der Waals surface area contributed by atoms with Gasteiger partial charge in [0, 0.05) is 22.2 Å². The number of ketones is 1. The standard InChI is InChI=1S/C30H24ClNO8/c1-4-39-30(36)17-5-9-20(10-6-17)32-25(16-7-11-21(37-2)12-8-16)24(27(34)29(32)35)26(33)22-14-18-13-19(31)15-23(38-3)28(18)40-22/h5-15,25,34H,4H2,1-3H3. The second kappa shape index (κ2) is 10.8. The van der Waals surface area contributed by atoms with E-state index < -0.39 is 29.5 Å². The highest BCUT2D eigenvalue weighted by atomic mass is 35.5. The zero-order valence-corrected chi connectivity index (χ0v) is 22.5. The van der Waals surface area contributed by atoms with Crippen LogP contribution < -0.4 is 14.4 Å². The molecule has 10 heteroatoms. The minimum absolute atomic E-state index is 0.108. The summed E-state index contributed by atoms with van der Waals surface area (Å²) in [7, 11) is 2.97. The van der Waals surface area contributed by atoms with Crippen LogP contribution in [0.1, 0.15) is 39.4 Å². The number of carbonyl (C=O) groups excluding carboxylic acids is 3. The number of amides is 1. The van der Waals surface area contributed by atoms with Crippen molar-refractivity contribution in [2.75, 3.05) is 25.7 Å². The van der Waals surface area contributed by atoms with Crippen LogP contribution in [0, 0.1) is 0 Å². The zero-order valence-electron chi connectivity index (χ0n) is 21.8. The number of halogens is 1. The van der Waals surface area contributed by atoms with Gasteiger partial charge in [-0.25, -0.2) is 4.79 Å². The van der Waals surface area contributed by atoms with E-state index in [4.69, 9.17) is 30.2 Å². The van der Waals surface area contributed by atoms with Crippen molar-refractivity contribution in [1.82, 2.24) is 0 Å². The highest BCUT2D eigenvalue weighted by Gasteiger charge is 2.45. The van der Waals surface area contributed by atoms with Gasteiger partial charge in [0.05, 0.1) is 38.0 Å². The Labute approximate surface area is 234 Å². The fourth-order valence-electron chi connectivity index (χ4n) is 4.66. The maximum Gasteiger partial charge on any atom is 0.338 e. The third-order valence-corrected chi connectivity index (χ3v) is 6.75. The van der Waals surface area contributed by atoms with Gasteiger partial charge < -0.3 is 23.7 Å². The Morgan fingerprint density at radius 3 is 2.33 bits per heavy atom. The van der Waals surface area contributed by atoms with Gasteiger partial charge in [-0.1, -0.05) is 23.7 Å². The Morgan fingerprint density at radius 2 is 1.70 bits per heavy atom. The van der Waals surface area contributed by atoms with Crippen molar-refractivity contribution >= 4 is 45.9 Å². The van der Waals surface area contributed by atoms with Gasteiger partial charge in [-0.15, -0.1) is 0 Å². The van der Waals surface area contributed by atoms with Crippen LogP contribution >= 0.6 is 11.6 Å². The van der Waals surface area contributed by atoms with Gasteiger partial charge >= 0.3 is 5.97 Å². The number of aliphatic hydroxyl groups is 1. The molecular formula is C30H24ClNO8. The largest absolute Gasteiger partial charge is 0.503 e. The molecule has 1 unspecified atom stereocenters. The molecule has 1 atom stereocenters. The van der Waals surface area contributed by atoms with Crippen LogP contribution in [-0.4, -0.2) is 43.6 Å². The number of furan rings is 1. The van der Waals surface area contributed by atoms with Crippen LogP contribution in [0.3, 0.4) is 0 Å². The number of benzene rings is 3. The summed E-state index contributed by atoms with van der Waals surface area (Å²) in [4.78, 5) is 40.8. The molecule has 0 spiro atoms. The summed E-state index contributed by atoms with van der Waals surface area (Å²) in [5, 5.41) is 12.0. The summed E-state index contributed by atoms with van der Waals surface area (Å²) in [6.07, 6.45) is 0. The number of fused-ring (bicyclic) bond motifs is 1. The number of rotatable bonds is 8. The molecule has 5 rings (SSSR count). The molecule has 0 bridgehead atoms. The van der Waals surface area contributed by atoms with E-state index in [0.29, 0.717) is 44.3 Å². The minimum atomic E-state index is -1.02. The molecule has 1 amide bonds. The topological polar surface area (TPSA) is 116 Å². The minimum Gasteiger partial charge on any atom is -0.503 e. The Hall–Kier alpha value is -4.76. The summed E-state index contributed by atoms with van der Waals surface area (Å²) < 4.78 is 21.5. The van der Waals surface area contributed by atoms with Gasteiger partial charge in [-0.2, -0.15) is 0 Å². The summed E-state index contributed by atoms with van der Waals surface area (Å²) in [5.41, 5.74) is 1.31. The Kier molecular flexibility index (Phi) is 7.23. The van der Waals surface area contributed by atoms with E-state index in [9.17, 15) is 19.5 Å². The maximum absolute atomic E-state index is 13.9. The van der Waals surface area contributed by atoms with E-state index in [-0.39, 0.29) is 17.9 Å². The second-order valence-electron chi connectivity index (χ2n) is 8.85. The number of hydrogen-bond acceptors (Lipinski definition) is 8. The molecule has 0 saturated carbocycles. The number of hydrogen-bond donors (Lipinski definition) is 1. The molecule has 0 radical (unpaired) electrons. The Morgan fingerprint density at radius 1 is 1.00 bits per heavy atom. The maximum atomic E-state index is 13.9. The lowest BCUT2D eigenvalue weighted by Gasteiger charge is -2.27. The summed E-state index contributed by atoms with van der Waals surface area (Å²) in [5.74, 6) is -1.91. The van der Waals surface area contributed by atoms with E-state index >= 15 is 0 Å². The van der Waals surface area contributed by atoms with Gasteiger partial charge in [-0.05, 0) is 61.0 Å². The molecular weight excluding hydrogens is 538 g/mol. The van der Waals surface area contributed by atoms with Crippen LogP contribution in [0.2, 0.25) is 5.02 Å². The van der Waals surface area contributed by atoms with Crippen LogP contribution in [0.4, 0.5) is 5.69 Å². The number of nitrogens with zero attached hydrogens (tertiary/aromatic N) is 1. The molecule has 3 aromatic carbocycles. The number of ether oxygens (including phenoxy) is 3. The average molecular weight is 562 g/mol. The number of methoxy groups -OCH3 is 2. The van der Waals surface area contributed by atoms with E-state index in [1.54, 1.807) is 55.5 Å². The van der Waals surface area contributed by atoms with Gasteiger partial charge in [0.15, 0.2) is 22.9 Å². The van der Waals surface area contributed by atoms with Crippen LogP contribution in [-0.2, 0) is 9.53 Å². The zero-order chi connectivity index (χ0) is 28.6. The summed E-state index contributed by atoms with van der Waals surface area (Å²) in [6, 6.07) is 16.5. The van der Waals surface area contributed by atoms with Crippen LogP contribution in [0.5, 0.6) is 11.5 Å². The lowest BCUT2D eigenvalue weighted by Crippen LogP contribution is -2.31. The summed E-state index contributed by atoms with van der Waals surface area (Å²) in [6.45, 7) is 1.92. The second-order valence-corrected chi connectivity index (χ2v) is 9.28. The van der Waals surface area contributed by atoms with E-state index in [1.165, 1.54) is 37.3 Å². The summed E-state index contributed by atoms with van der Waals surface area (Å²) >= 11 is 6.18. The molecule has 2 heterocycles. The lowest BCUT2D eigenvalue weighted by atomic mass is 9.94. The quantitative estimate of drug-likeness (QED) is 0.204. The van der Waals surface area contributed by atoms with Crippen molar-refractivity contribution in [1.29, 1.82) is 0 Å². The van der Waals surface area contributed by atoms with Gasteiger partial charge in [0.2, 0.25) is 5.78 Å². The first-order chi connectivity index (χ1) is 19.3. The molecule has 0 fully saturated rings. The monoisotopic (exact) mass is 561 g/mol. The fraction of sp³-hybridized carbons (Fsp3) is 0.167. The highest BCUT2D eigenvalue weighted by molar-refractivity contribution is 6.31. The van der Waals surface area contributed by atoms with Crippen molar-refractivity contribution in [3.05, 3.63) is 100.0 Å². The highest BCUT2D eigenvalue weighted by Crippen LogP contribution is 2.43. The van der Waals surface area contributed by atoms with Gasteiger partial charge in [-0.3, -0.25) is 14.5 Å². The molecule has 1 aromatic heterocycles. The van der Waals surface area contributed by atoms with Gasteiger partial charge in [0.25, 0.3) is 5.91 Å². The van der Waals surface area contributed by atoms with Crippen molar-refractivity contribution in [2.24, 2.45) is 0 Å². The first-order valence-corrected chi connectivity index (χ1v) is 12.6.